The Morgan fingerprint density at radius 3 is 2.65 bits per heavy atom. The number of aliphatic hydroxyl groups is 1. The third kappa shape index (κ3) is 3.34. The van der Waals surface area contributed by atoms with Crippen molar-refractivity contribution in [2.75, 3.05) is 32.8 Å². The van der Waals surface area contributed by atoms with E-state index in [1.807, 2.05) is 25.1 Å². The maximum absolute atomic E-state index is 11.1. The van der Waals surface area contributed by atoms with Crippen LogP contribution in [0.1, 0.15) is 25.5 Å². The Hall–Kier alpha value is -1.62. The van der Waals surface area contributed by atoms with Gasteiger partial charge in [0.05, 0.1) is 12.7 Å². The zero-order chi connectivity index (χ0) is 16.2. The molecular formula is C19H26N2O2. The molecule has 0 bridgehead atoms. The van der Waals surface area contributed by atoms with Gasteiger partial charge in [0.2, 0.25) is 0 Å². The molecule has 1 fully saturated rings. The molecule has 0 amide bonds. The molecule has 0 aromatic heterocycles. The van der Waals surface area contributed by atoms with Gasteiger partial charge in [-0.3, -0.25) is 4.90 Å². The molecule has 4 heteroatoms. The summed E-state index contributed by atoms with van der Waals surface area (Å²) in [6.07, 6.45) is -0.569. The van der Waals surface area contributed by atoms with E-state index in [4.69, 9.17) is 4.74 Å². The van der Waals surface area contributed by atoms with E-state index in [0.717, 1.165) is 48.3 Å². The van der Waals surface area contributed by atoms with Crippen molar-refractivity contribution < 1.29 is 9.84 Å². The van der Waals surface area contributed by atoms with Crippen LogP contribution in [0, 0.1) is 0 Å². The Bertz CT molecular complexity index is 653. The van der Waals surface area contributed by atoms with Crippen LogP contribution in [0.2, 0.25) is 0 Å². The zero-order valence-electron chi connectivity index (χ0n) is 14.0. The number of benzene rings is 2. The molecule has 2 atom stereocenters. The van der Waals surface area contributed by atoms with Gasteiger partial charge >= 0.3 is 0 Å². The Labute approximate surface area is 138 Å². The summed E-state index contributed by atoms with van der Waals surface area (Å²) >= 11 is 0. The highest BCUT2D eigenvalue weighted by atomic mass is 16.5. The maximum atomic E-state index is 11.1. The number of rotatable bonds is 5. The van der Waals surface area contributed by atoms with Crippen LogP contribution in [0.4, 0.5) is 0 Å². The minimum Gasteiger partial charge on any atom is -0.493 e. The van der Waals surface area contributed by atoms with E-state index in [1.165, 1.54) is 0 Å². The summed E-state index contributed by atoms with van der Waals surface area (Å²) in [6.45, 7) is 8.56. The van der Waals surface area contributed by atoms with E-state index in [1.54, 1.807) is 0 Å². The first-order chi connectivity index (χ1) is 11.2. The second kappa shape index (κ2) is 7.30. The van der Waals surface area contributed by atoms with Crippen LogP contribution >= 0.6 is 0 Å². The molecule has 124 valence electrons. The standard InChI is InChI=1S/C19H26N2O2/c1-3-23-17-9-8-15-6-4-5-7-16(15)18(17)19(22)14(2)21-12-10-20-11-13-21/h4-9,14,19-20,22H,3,10-13H2,1-2H3. The number of hydrogen-bond acceptors (Lipinski definition) is 4. The van der Waals surface area contributed by atoms with Gasteiger partial charge in [0.15, 0.2) is 0 Å². The predicted octanol–water partition coefficient (Wildman–Crippen LogP) is 2.57. The Morgan fingerprint density at radius 1 is 1.17 bits per heavy atom. The number of ether oxygens (including phenoxy) is 1. The van der Waals surface area contributed by atoms with Crippen LogP contribution in [0.3, 0.4) is 0 Å². The summed E-state index contributed by atoms with van der Waals surface area (Å²) in [7, 11) is 0. The largest absolute Gasteiger partial charge is 0.493 e. The van der Waals surface area contributed by atoms with E-state index >= 15 is 0 Å². The predicted molar refractivity (Wildman–Crippen MR) is 94.0 cm³/mol. The van der Waals surface area contributed by atoms with Gasteiger partial charge in [-0.1, -0.05) is 30.3 Å². The molecule has 4 nitrogen and oxygen atoms in total. The first-order valence-electron chi connectivity index (χ1n) is 8.49. The van der Waals surface area contributed by atoms with Gasteiger partial charge in [-0.2, -0.15) is 0 Å². The fourth-order valence-electron chi connectivity index (χ4n) is 3.39. The Morgan fingerprint density at radius 2 is 1.91 bits per heavy atom. The highest BCUT2D eigenvalue weighted by molar-refractivity contribution is 5.88. The molecule has 1 aliphatic rings. The summed E-state index contributed by atoms with van der Waals surface area (Å²) < 4.78 is 5.81. The average molecular weight is 314 g/mol. The van der Waals surface area contributed by atoms with Crippen LogP contribution in [0.25, 0.3) is 10.8 Å². The van der Waals surface area contributed by atoms with Crippen LogP contribution < -0.4 is 10.1 Å². The lowest BCUT2D eigenvalue weighted by atomic mass is 9.94. The average Bonchev–Trinajstić information content (AvgIpc) is 2.61. The molecule has 0 aliphatic carbocycles. The van der Waals surface area contributed by atoms with Crippen molar-refractivity contribution in [2.45, 2.75) is 26.0 Å². The first kappa shape index (κ1) is 16.2. The van der Waals surface area contributed by atoms with E-state index in [0.29, 0.717) is 6.61 Å². The van der Waals surface area contributed by atoms with Gasteiger partial charge < -0.3 is 15.2 Å². The van der Waals surface area contributed by atoms with Crippen LogP contribution in [0.5, 0.6) is 5.75 Å². The van der Waals surface area contributed by atoms with E-state index in [-0.39, 0.29) is 6.04 Å². The van der Waals surface area contributed by atoms with Crippen LogP contribution in [0.15, 0.2) is 36.4 Å². The van der Waals surface area contributed by atoms with E-state index in [2.05, 4.69) is 35.3 Å². The summed E-state index contributed by atoms with van der Waals surface area (Å²) in [5.41, 5.74) is 0.913. The number of aliphatic hydroxyl groups excluding tert-OH is 1. The van der Waals surface area contributed by atoms with Crippen molar-refractivity contribution in [3.63, 3.8) is 0 Å². The highest BCUT2D eigenvalue weighted by Crippen LogP contribution is 2.36. The molecule has 2 aromatic carbocycles. The maximum Gasteiger partial charge on any atom is 0.125 e. The Balaban J connectivity index is 1.99. The lowest BCUT2D eigenvalue weighted by molar-refractivity contribution is 0.0501. The van der Waals surface area contributed by atoms with Crippen molar-refractivity contribution in [1.29, 1.82) is 0 Å². The van der Waals surface area contributed by atoms with Crippen LogP contribution in [-0.4, -0.2) is 48.8 Å². The highest BCUT2D eigenvalue weighted by Gasteiger charge is 2.27. The molecule has 2 unspecified atom stereocenters. The zero-order valence-corrected chi connectivity index (χ0v) is 14.0. The van der Waals surface area contributed by atoms with Crippen molar-refractivity contribution >= 4 is 10.8 Å². The molecule has 1 heterocycles. The quantitative estimate of drug-likeness (QED) is 0.890. The van der Waals surface area contributed by atoms with Gasteiger partial charge in [0, 0.05) is 37.8 Å². The summed E-state index contributed by atoms with van der Waals surface area (Å²) in [4.78, 5) is 2.35. The molecule has 2 aromatic rings. The smallest absolute Gasteiger partial charge is 0.125 e. The molecule has 1 aliphatic heterocycles. The summed E-state index contributed by atoms with van der Waals surface area (Å²) in [6, 6.07) is 12.3. The third-order valence-corrected chi connectivity index (χ3v) is 4.71. The Kier molecular flexibility index (Phi) is 5.16. The minimum atomic E-state index is -0.569. The van der Waals surface area contributed by atoms with Gasteiger partial charge in [0.1, 0.15) is 5.75 Å². The second-order valence-electron chi connectivity index (χ2n) is 6.10. The lowest BCUT2D eigenvalue weighted by Gasteiger charge is -2.36. The minimum absolute atomic E-state index is 0.0575. The lowest BCUT2D eigenvalue weighted by Crippen LogP contribution is -2.49. The molecular weight excluding hydrogens is 288 g/mol. The SMILES string of the molecule is CCOc1ccc2ccccc2c1C(O)C(C)N1CCNCC1. The number of nitrogens with zero attached hydrogens (tertiary/aromatic N) is 1. The van der Waals surface area contributed by atoms with Gasteiger partial charge in [0.25, 0.3) is 0 Å². The number of piperazine rings is 1. The number of fused-ring (bicyclic) bond motifs is 1. The van der Waals surface area contributed by atoms with Gasteiger partial charge in [-0.05, 0) is 30.7 Å². The van der Waals surface area contributed by atoms with Crippen molar-refractivity contribution in [3.8, 4) is 5.75 Å². The normalized spacial score (nSPS) is 18.7. The number of hydrogen-bond donors (Lipinski definition) is 2. The third-order valence-electron chi connectivity index (χ3n) is 4.71. The monoisotopic (exact) mass is 314 g/mol. The fourth-order valence-corrected chi connectivity index (χ4v) is 3.39. The molecule has 0 spiro atoms. The molecule has 1 saturated heterocycles. The second-order valence-corrected chi connectivity index (χ2v) is 6.10. The van der Waals surface area contributed by atoms with Crippen molar-refractivity contribution in [1.82, 2.24) is 10.2 Å². The number of nitrogens with one attached hydrogen (secondary N) is 1. The van der Waals surface area contributed by atoms with Gasteiger partial charge in [-0.25, -0.2) is 0 Å². The molecule has 2 N–H and O–H groups in total. The molecule has 0 saturated carbocycles. The van der Waals surface area contributed by atoms with E-state index < -0.39 is 6.10 Å². The summed E-state index contributed by atoms with van der Waals surface area (Å²) in [5.74, 6) is 0.792. The first-order valence-corrected chi connectivity index (χ1v) is 8.49. The summed E-state index contributed by atoms with van der Waals surface area (Å²) in [5, 5.41) is 16.7. The molecule has 0 radical (unpaired) electrons. The van der Waals surface area contributed by atoms with E-state index in [9.17, 15) is 5.11 Å². The van der Waals surface area contributed by atoms with Crippen molar-refractivity contribution in [2.24, 2.45) is 0 Å². The van der Waals surface area contributed by atoms with Crippen LogP contribution in [-0.2, 0) is 0 Å². The fraction of sp³-hybridized carbons (Fsp3) is 0.474. The van der Waals surface area contributed by atoms with Gasteiger partial charge in [-0.15, -0.1) is 0 Å². The molecule has 3 rings (SSSR count). The molecule has 23 heavy (non-hydrogen) atoms. The van der Waals surface area contributed by atoms with Crippen molar-refractivity contribution in [3.05, 3.63) is 42.0 Å². The topological polar surface area (TPSA) is 44.7 Å².